The van der Waals surface area contributed by atoms with E-state index in [-0.39, 0.29) is 5.41 Å². The van der Waals surface area contributed by atoms with Gasteiger partial charge in [-0.1, -0.05) is 36.7 Å². The Morgan fingerprint density at radius 1 is 1.00 bits per heavy atom. The summed E-state index contributed by atoms with van der Waals surface area (Å²) in [5, 5.41) is 0. The van der Waals surface area contributed by atoms with Gasteiger partial charge in [0.2, 0.25) is 0 Å². The molecule has 1 rings (SSSR count). The van der Waals surface area contributed by atoms with Crippen molar-refractivity contribution in [1.82, 2.24) is 0 Å². The van der Waals surface area contributed by atoms with Crippen LogP contribution in [0.25, 0.3) is 0 Å². The molecule has 0 unspecified atom stereocenters. The summed E-state index contributed by atoms with van der Waals surface area (Å²) in [5.41, 5.74) is 1.29. The minimum Gasteiger partial charge on any atom is -0.493 e. The van der Waals surface area contributed by atoms with Crippen LogP contribution >= 0.6 is 15.9 Å². The predicted octanol–water partition coefficient (Wildman–Crippen LogP) is 3.76. The van der Waals surface area contributed by atoms with Crippen molar-refractivity contribution in [2.45, 2.75) is 26.2 Å². The molecule has 0 N–H and O–H groups in total. The number of halogens is 1. The molecule has 0 aromatic heterocycles. The van der Waals surface area contributed by atoms with E-state index in [1.807, 2.05) is 12.1 Å². The Labute approximate surface area is 99.7 Å². The Morgan fingerprint density at radius 3 is 1.87 bits per heavy atom. The summed E-state index contributed by atoms with van der Waals surface area (Å²) in [6.45, 7) is 6.50. The Bertz CT molecular complexity index is 353. The van der Waals surface area contributed by atoms with Crippen LogP contribution in [-0.4, -0.2) is 14.2 Å². The first-order valence-electron chi connectivity index (χ1n) is 4.82. The van der Waals surface area contributed by atoms with Gasteiger partial charge in [0.15, 0.2) is 11.5 Å². The van der Waals surface area contributed by atoms with Gasteiger partial charge in [-0.2, -0.15) is 0 Å². The summed E-state index contributed by atoms with van der Waals surface area (Å²) in [6, 6.07) is 3.96. The fraction of sp³-hybridized carbons (Fsp3) is 0.500. The van der Waals surface area contributed by atoms with E-state index in [0.717, 1.165) is 16.0 Å². The summed E-state index contributed by atoms with van der Waals surface area (Å²) >= 11 is 3.55. The van der Waals surface area contributed by atoms with Crippen molar-refractivity contribution in [2.75, 3.05) is 14.2 Å². The largest absolute Gasteiger partial charge is 0.493 e. The van der Waals surface area contributed by atoms with Crippen LogP contribution in [0.1, 0.15) is 26.3 Å². The molecular formula is C12H17BrO2. The normalized spacial score (nSPS) is 11.3. The van der Waals surface area contributed by atoms with Crippen LogP contribution in [0.5, 0.6) is 11.5 Å². The number of rotatable bonds is 2. The molecule has 1 aromatic carbocycles. The maximum Gasteiger partial charge on any atom is 0.161 e. The molecular weight excluding hydrogens is 256 g/mol. The Morgan fingerprint density at radius 2 is 1.47 bits per heavy atom. The van der Waals surface area contributed by atoms with Gasteiger partial charge in [-0.3, -0.25) is 0 Å². The first-order chi connectivity index (χ1) is 6.90. The summed E-state index contributed by atoms with van der Waals surface area (Å²) < 4.78 is 11.6. The lowest BCUT2D eigenvalue weighted by Crippen LogP contribution is -2.12. The first-order valence-corrected chi connectivity index (χ1v) is 5.61. The van der Waals surface area contributed by atoms with E-state index in [0.29, 0.717) is 0 Å². The van der Waals surface area contributed by atoms with Gasteiger partial charge in [-0.05, 0) is 23.1 Å². The number of methoxy groups -OCH3 is 2. The molecule has 0 fully saturated rings. The fourth-order valence-corrected chi connectivity index (χ4v) is 2.35. The quantitative estimate of drug-likeness (QED) is 0.816. The second kappa shape index (κ2) is 4.44. The fourth-order valence-electron chi connectivity index (χ4n) is 1.43. The highest BCUT2D eigenvalue weighted by atomic mass is 79.9. The van der Waals surface area contributed by atoms with Crippen LogP contribution in [0.3, 0.4) is 0 Å². The predicted molar refractivity (Wildman–Crippen MR) is 65.9 cm³/mol. The lowest BCUT2D eigenvalue weighted by Gasteiger charge is -2.22. The van der Waals surface area contributed by atoms with Crippen molar-refractivity contribution in [3.63, 3.8) is 0 Å². The van der Waals surface area contributed by atoms with E-state index in [1.54, 1.807) is 14.2 Å². The second-order valence-corrected chi connectivity index (χ2v) is 5.29. The zero-order chi connectivity index (χ0) is 11.6. The molecule has 84 valence electrons. The number of hydrogen-bond donors (Lipinski definition) is 0. The molecule has 0 bridgehead atoms. The monoisotopic (exact) mass is 272 g/mol. The highest BCUT2D eigenvalue weighted by molar-refractivity contribution is 9.10. The van der Waals surface area contributed by atoms with E-state index in [9.17, 15) is 0 Å². The molecule has 0 saturated carbocycles. The van der Waals surface area contributed by atoms with E-state index in [4.69, 9.17) is 9.47 Å². The highest BCUT2D eigenvalue weighted by Crippen LogP contribution is 2.38. The van der Waals surface area contributed by atoms with E-state index in [1.165, 1.54) is 5.56 Å². The number of benzene rings is 1. The van der Waals surface area contributed by atoms with Gasteiger partial charge >= 0.3 is 0 Å². The highest BCUT2D eigenvalue weighted by Gasteiger charge is 2.20. The second-order valence-electron chi connectivity index (χ2n) is 4.44. The van der Waals surface area contributed by atoms with E-state index >= 15 is 0 Å². The first kappa shape index (κ1) is 12.4. The molecule has 15 heavy (non-hydrogen) atoms. The number of hydrogen-bond acceptors (Lipinski definition) is 2. The smallest absolute Gasteiger partial charge is 0.161 e. The van der Waals surface area contributed by atoms with Gasteiger partial charge in [-0.15, -0.1) is 0 Å². The third-order valence-electron chi connectivity index (χ3n) is 2.28. The molecule has 0 aliphatic rings. The minimum absolute atomic E-state index is 0.0817. The Balaban J connectivity index is 3.32. The zero-order valence-electron chi connectivity index (χ0n) is 9.85. The van der Waals surface area contributed by atoms with Gasteiger partial charge in [0.1, 0.15) is 0 Å². The average Bonchev–Trinajstić information content (AvgIpc) is 2.15. The Hall–Kier alpha value is -0.700. The van der Waals surface area contributed by atoms with Crippen molar-refractivity contribution in [1.29, 1.82) is 0 Å². The molecule has 0 atom stereocenters. The van der Waals surface area contributed by atoms with Crippen LogP contribution in [0.15, 0.2) is 16.6 Å². The van der Waals surface area contributed by atoms with Gasteiger partial charge in [0.25, 0.3) is 0 Å². The third-order valence-corrected chi connectivity index (χ3v) is 2.94. The average molecular weight is 273 g/mol. The van der Waals surface area contributed by atoms with Crippen molar-refractivity contribution >= 4 is 15.9 Å². The van der Waals surface area contributed by atoms with Gasteiger partial charge < -0.3 is 9.47 Å². The minimum atomic E-state index is 0.0817. The van der Waals surface area contributed by atoms with Gasteiger partial charge in [0.05, 0.1) is 14.2 Å². The van der Waals surface area contributed by atoms with Gasteiger partial charge in [0, 0.05) is 4.47 Å². The topological polar surface area (TPSA) is 18.5 Å². The molecule has 0 saturated heterocycles. The molecule has 0 heterocycles. The van der Waals surface area contributed by atoms with E-state index < -0.39 is 0 Å². The molecule has 0 aliphatic carbocycles. The maximum atomic E-state index is 5.28. The van der Waals surface area contributed by atoms with Crippen LogP contribution in [0.2, 0.25) is 0 Å². The maximum absolute atomic E-state index is 5.28. The Kier molecular flexibility index (Phi) is 3.66. The SMILES string of the molecule is COc1cc(Br)c(C(C)(C)C)cc1OC. The summed E-state index contributed by atoms with van der Waals surface area (Å²) in [4.78, 5) is 0. The van der Waals surface area contributed by atoms with Crippen LogP contribution < -0.4 is 9.47 Å². The van der Waals surface area contributed by atoms with Crippen molar-refractivity contribution < 1.29 is 9.47 Å². The van der Waals surface area contributed by atoms with Crippen LogP contribution in [0.4, 0.5) is 0 Å². The van der Waals surface area contributed by atoms with Crippen molar-refractivity contribution in [3.8, 4) is 11.5 Å². The van der Waals surface area contributed by atoms with Crippen molar-refractivity contribution in [3.05, 3.63) is 22.2 Å². The van der Waals surface area contributed by atoms with Gasteiger partial charge in [-0.25, -0.2) is 0 Å². The lowest BCUT2D eigenvalue weighted by atomic mass is 9.87. The molecule has 0 radical (unpaired) electrons. The molecule has 2 nitrogen and oxygen atoms in total. The van der Waals surface area contributed by atoms with Crippen LogP contribution in [-0.2, 0) is 5.41 Å². The van der Waals surface area contributed by atoms with E-state index in [2.05, 4.69) is 36.7 Å². The molecule has 0 spiro atoms. The summed E-state index contributed by atoms with van der Waals surface area (Å²) in [5.74, 6) is 1.52. The number of ether oxygens (including phenoxy) is 2. The molecule has 3 heteroatoms. The summed E-state index contributed by atoms with van der Waals surface area (Å²) in [7, 11) is 3.29. The standard InChI is InChI=1S/C12H17BrO2/c1-12(2,3)8-6-10(14-4)11(15-5)7-9(8)13/h6-7H,1-5H3. The molecule has 0 amide bonds. The zero-order valence-corrected chi connectivity index (χ0v) is 11.4. The summed E-state index contributed by atoms with van der Waals surface area (Å²) in [6.07, 6.45) is 0. The molecule has 0 aliphatic heterocycles. The van der Waals surface area contributed by atoms with Crippen molar-refractivity contribution in [2.24, 2.45) is 0 Å². The third kappa shape index (κ3) is 2.65. The molecule has 1 aromatic rings. The lowest BCUT2D eigenvalue weighted by molar-refractivity contribution is 0.353. The van der Waals surface area contributed by atoms with Crippen LogP contribution in [0, 0.1) is 0 Å².